The van der Waals surface area contributed by atoms with E-state index in [4.69, 9.17) is 4.74 Å². The van der Waals surface area contributed by atoms with Crippen molar-refractivity contribution in [3.8, 4) is 34.0 Å². The van der Waals surface area contributed by atoms with Crippen molar-refractivity contribution >= 4 is 5.82 Å². The van der Waals surface area contributed by atoms with E-state index in [1.165, 1.54) is 7.11 Å². The fourth-order valence-electron chi connectivity index (χ4n) is 4.16. The van der Waals surface area contributed by atoms with Gasteiger partial charge in [0.25, 0.3) is 0 Å². The Hall–Kier alpha value is -3.33. The highest BCUT2D eigenvalue weighted by molar-refractivity contribution is 5.74. The number of aromatic nitrogens is 4. The van der Waals surface area contributed by atoms with Crippen molar-refractivity contribution in [1.82, 2.24) is 25.7 Å². The van der Waals surface area contributed by atoms with Gasteiger partial charge in [-0.2, -0.15) is 5.10 Å². The molecule has 0 spiro atoms. The minimum Gasteiger partial charge on any atom is -0.507 e. The molecule has 1 aliphatic carbocycles. The summed E-state index contributed by atoms with van der Waals surface area (Å²) < 4.78 is 18.3. The van der Waals surface area contributed by atoms with E-state index in [1.807, 2.05) is 24.3 Å². The van der Waals surface area contributed by atoms with Gasteiger partial charge in [0.15, 0.2) is 5.82 Å². The molecular formula is C23H25FN6O2. The maximum atomic E-state index is 13.2. The molecule has 5 rings (SSSR count). The number of benzene rings is 1. The quantitative estimate of drug-likeness (QED) is 0.584. The first-order chi connectivity index (χ1) is 15.6. The first-order valence-corrected chi connectivity index (χ1v) is 10.7. The number of rotatable bonds is 7. The third-order valence-electron chi connectivity index (χ3n) is 6.23. The zero-order chi connectivity index (χ0) is 22.1. The Bertz CT molecular complexity index is 1110. The lowest BCUT2D eigenvalue weighted by Crippen LogP contribution is -2.43. The lowest BCUT2D eigenvalue weighted by Gasteiger charge is -2.21. The molecule has 166 valence electrons. The molecular weight excluding hydrogens is 411 g/mol. The normalized spacial score (nSPS) is 19.2. The first-order valence-electron chi connectivity index (χ1n) is 10.7. The van der Waals surface area contributed by atoms with Crippen molar-refractivity contribution in [2.75, 3.05) is 31.8 Å². The molecule has 1 saturated heterocycles. The van der Waals surface area contributed by atoms with Crippen LogP contribution in [0.2, 0.25) is 0 Å². The standard InChI is InChI=1S/C23H25FN6O2/c1-32-22-11-16(12-25-29-22)15-2-3-18(20(31)10-15)19-4-5-21(28-27-19)30-9-6-17(13-30)26-23(14-24)7-8-23/h2-5,10-12,17,26,31H,6-9,13-14H2,1H3. The van der Waals surface area contributed by atoms with E-state index in [-0.39, 0.29) is 24.0 Å². The van der Waals surface area contributed by atoms with E-state index in [0.717, 1.165) is 49.3 Å². The summed E-state index contributed by atoms with van der Waals surface area (Å²) in [6.45, 7) is 1.35. The monoisotopic (exact) mass is 436 g/mol. The third kappa shape index (κ3) is 4.08. The summed E-state index contributed by atoms with van der Waals surface area (Å²) in [7, 11) is 1.53. The molecule has 3 aromatic rings. The van der Waals surface area contributed by atoms with Gasteiger partial charge in [-0.05, 0) is 49.1 Å². The van der Waals surface area contributed by atoms with Crippen LogP contribution in [0.4, 0.5) is 10.2 Å². The molecule has 0 bridgehead atoms. The van der Waals surface area contributed by atoms with Crippen LogP contribution in [0.15, 0.2) is 42.6 Å². The number of nitrogens with one attached hydrogen (secondary N) is 1. The van der Waals surface area contributed by atoms with E-state index in [9.17, 15) is 9.50 Å². The molecule has 9 heteroatoms. The SMILES string of the molecule is COc1cc(-c2ccc(-c3ccc(N4CCC(NC5(CF)CC5)C4)nn3)c(O)c2)cnn1. The number of ether oxygens (including phenoxy) is 1. The smallest absolute Gasteiger partial charge is 0.233 e. The van der Waals surface area contributed by atoms with Gasteiger partial charge >= 0.3 is 0 Å². The number of hydrogen-bond acceptors (Lipinski definition) is 8. The molecule has 2 fully saturated rings. The van der Waals surface area contributed by atoms with Gasteiger partial charge in [-0.25, -0.2) is 4.39 Å². The van der Waals surface area contributed by atoms with Crippen molar-refractivity contribution in [3.63, 3.8) is 0 Å². The summed E-state index contributed by atoms with van der Waals surface area (Å²) >= 11 is 0. The van der Waals surface area contributed by atoms with E-state index >= 15 is 0 Å². The van der Waals surface area contributed by atoms with Gasteiger partial charge in [0.05, 0.1) is 19.0 Å². The molecule has 1 aliphatic heterocycles. The van der Waals surface area contributed by atoms with E-state index in [2.05, 4.69) is 30.6 Å². The lowest BCUT2D eigenvalue weighted by atomic mass is 10.0. The van der Waals surface area contributed by atoms with E-state index in [0.29, 0.717) is 17.1 Å². The zero-order valence-electron chi connectivity index (χ0n) is 17.8. The predicted molar refractivity (Wildman–Crippen MR) is 118 cm³/mol. The molecule has 1 saturated carbocycles. The van der Waals surface area contributed by atoms with Gasteiger partial charge in [-0.3, -0.25) is 0 Å². The maximum absolute atomic E-state index is 13.2. The number of nitrogens with zero attached hydrogens (tertiary/aromatic N) is 5. The molecule has 1 atom stereocenters. The molecule has 2 aliphatic rings. The summed E-state index contributed by atoms with van der Waals surface area (Å²) in [4.78, 5) is 2.16. The molecule has 3 heterocycles. The number of phenols is 1. The average Bonchev–Trinajstić information content (AvgIpc) is 3.46. The van der Waals surface area contributed by atoms with Crippen LogP contribution in [-0.2, 0) is 0 Å². The second-order valence-electron chi connectivity index (χ2n) is 8.49. The summed E-state index contributed by atoms with van der Waals surface area (Å²) in [5.74, 6) is 1.30. The van der Waals surface area contributed by atoms with Crippen molar-refractivity contribution in [2.24, 2.45) is 0 Å². The van der Waals surface area contributed by atoms with Crippen LogP contribution in [0.3, 0.4) is 0 Å². The highest BCUT2D eigenvalue weighted by Gasteiger charge is 2.45. The fraction of sp³-hybridized carbons (Fsp3) is 0.391. The summed E-state index contributed by atoms with van der Waals surface area (Å²) in [6.07, 6.45) is 4.41. The third-order valence-corrected chi connectivity index (χ3v) is 6.23. The second kappa shape index (κ2) is 8.31. The highest BCUT2D eigenvalue weighted by atomic mass is 19.1. The summed E-state index contributed by atoms with van der Waals surface area (Å²) in [6, 6.07) is 11.2. The van der Waals surface area contributed by atoms with Gasteiger partial charge in [0.2, 0.25) is 5.88 Å². The van der Waals surface area contributed by atoms with E-state index < -0.39 is 0 Å². The Labute approximate surface area is 185 Å². The molecule has 0 amide bonds. The van der Waals surface area contributed by atoms with Crippen LogP contribution in [0, 0.1) is 0 Å². The van der Waals surface area contributed by atoms with Crippen molar-refractivity contribution in [2.45, 2.75) is 30.8 Å². The number of phenolic OH excluding ortho intramolecular Hbond substituents is 1. The van der Waals surface area contributed by atoms with Crippen LogP contribution in [0.1, 0.15) is 19.3 Å². The van der Waals surface area contributed by atoms with Crippen molar-refractivity contribution < 1.29 is 14.2 Å². The zero-order valence-corrected chi connectivity index (χ0v) is 17.8. The highest BCUT2D eigenvalue weighted by Crippen LogP contribution is 2.37. The van der Waals surface area contributed by atoms with Crippen LogP contribution in [0.5, 0.6) is 11.6 Å². The fourth-order valence-corrected chi connectivity index (χ4v) is 4.16. The molecule has 8 nitrogen and oxygen atoms in total. The number of halogens is 1. The van der Waals surface area contributed by atoms with E-state index in [1.54, 1.807) is 18.3 Å². The Balaban J connectivity index is 1.29. The van der Waals surface area contributed by atoms with Crippen molar-refractivity contribution in [3.05, 3.63) is 42.6 Å². The van der Waals surface area contributed by atoms with Gasteiger partial charge < -0.3 is 20.1 Å². The number of alkyl halides is 1. The Morgan fingerprint density at radius 1 is 1.16 bits per heavy atom. The Morgan fingerprint density at radius 3 is 2.72 bits per heavy atom. The van der Waals surface area contributed by atoms with Gasteiger partial charge in [0, 0.05) is 41.9 Å². The largest absolute Gasteiger partial charge is 0.507 e. The minimum atomic E-state index is -0.300. The first kappa shape index (κ1) is 20.6. The minimum absolute atomic E-state index is 0.103. The molecule has 2 aromatic heterocycles. The van der Waals surface area contributed by atoms with Gasteiger partial charge in [-0.15, -0.1) is 15.3 Å². The topological polar surface area (TPSA) is 96.3 Å². The summed E-state index contributed by atoms with van der Waals surface area (Å²) in [5, 5.41) is 30.6. The number of methoxy groups -OCH3 is 1. The molecule has 2 N–H and O–H groups in total. The second-order valence-corrected chi connectivity index (χ2v) is 8.49. The van der Waals surface area contributed by atoms with Crippen LogP contribution in [-0.4, -0.2) is 64.0 Å². The number of hydrogen-bond donors (Lipinski definition) is 2. The average molecular weight is 436 g/mol. The van der Waals surface area contributed by atoms with Gasteiger partial charge in [0.1, 0.15) is 12.4 Å². The van der Waals surface area contributed by atoms with Crippen LogP contribution < -0.4 is 15.0 Å². The molecule has 1 aromatic carbocycles. The molecule has 1 unspecified atom stereocenters. The number of aromatic hydroxyl groups is 1. The maximum Gasteiger partial charge on any atom is 0.233 e. The van der Waals surface area contributed by atoms with Gasteiger partial charge in [-0.1, -0.05) is 6.07 Å². The Kier molecular flexibility index (Phi) is 5.34. The molecule has 32 heavy (non-hydrogen) atoms. The summed E-state index contributed by atoms with van der Waals surface area (Å²) in [5.41, 5.74) is 2.49. The lowest BCUT2D eigenvalue weighted by molar-refractivity contribution is 0.332. The Morgan fingerprint density at radius 2 is 2.03 bits per heavy atom. The van der Waals surface area contributed by atoms with Crippen LogP contribution in [0.25, 0.3) is 22.4 Å². The molecule has 0 radical (unpaired) electrons. The van der Waals surface area contributed by atoms with Crippen molar-refractivity contribution in [1.29, 1.82) is 0 Å². The van der Waals surface area contributed by atoms with Crippen LogP contribution >= 0.6 is 0 Å². The number of anilines is 1. The predicted octanol–water partition coefficient (Wildman–Crippen LogP) is 2.99.